The highest BCUT2D eigenvalue weighted by Crippen LogP contribution is 2.24. The van der Waals surface area contributed by atoms with Gasteiger partial charge in [0.2, 0.25) is 10.0 Å². The minimum atomic E-state index is -3.58. The van der Waals surface area contributed by atoms with Crippen molar-refractivity contribution >= 4 is 21.1 Å². The third kappa shape index (κ3) is 3.65. The summed E-state index contributed by atoms with van der Waals surface area (Å²) in [6.45, 7) is 2.44. The zero-order valence-corrected chi connectivity index (χ0v) is 15.9. The van der Waals surface area contributed by atoms with E-state index in [-0.39, 0.29) is 17.3 Å². The van der Waals surface area contributed by atoms with Gasteiger partial charge < -0.3 is 9.30 Å². The van der Waals surface area contributed by atoms with Gasteiger partial charge in [0.1, 0.15) is 18.2 Å². The van der Waals surface area contributed by atoms with Gasteiger partial charge in [0.15, 0.2) is 11.6 Å². The highest BCUT2D eigenvalue weighted by atomic mass is 32.2. The first-order chi connectivity index (χ1) is 12.7. The molecule has 0 spiro atoms. The first-order valence-corrected chi connectivity index (χ1v) is 9.67. The molecular formula is C18H19F2N3O3S. The Labute approximate surface area is 156 Å². The van der Waals surface area contributed by atoms with Gasteiger partial charge in [-0.15, -0.1) is 0 Å². The maximum atomic E-state index is 13.7. The summed E-state index contributed by atoms with van der Waals surface area (Å²) in [5.74, 6) is -1.05. The predicted molar refractivity (Wildman–Crippen MR) is 97.0 cm³/mol. The van der Waals surface area contributed by atoms with Crippen LogP contribution in [0.2, 0.25) is 0 Å². The molecule has 1 aromatic heterocycles. The lowest BCUT2D eigenvalue weighted by Gasteiger charge is -2.11. The molecule has 2 aromatic carbocycles. The van der Waals surface area contributed by atoms with Crippen LogP contribution in [0.15, 0.2) is 41.3 Å². The van der Waals surface area contributed by atoms with Gasteiger partial charge in [-0.2, -0.15) is 0 Å². The largest absolute Gasteiger partial charge is 0.483 e. The molecule has 0 aliphatic heterocycles. The number of hydrogen-bond acceptors (Lipinski definition) is 4. The van der Waals surface area contributed by atoms with Crippen molar-refractivity contribution in [2.45, 2.75) is 25.0 Å². The van der Waals surface area contributed by atoms with Crippen LogP contribution in [0.4, 0.5) is 8.78 Å². The first-order valence-electron chi connectivity index (χ1n) is 8.23. The highest BCUT2D eigenvalue weighted by molar-refractivity contribution is 7.89. The maximum Gasteiger partial charge on any atom is 0.242 e. The number of ether oxygens (including phenoxy) is 1. The number of fused-ring (bicyclic) bond motifs is 1. The molecule has 9 heteroatoms. The lowest BCUT2D eigenvalue weighted by molar-refractivity contribution is 0.275. The molecule has 0 radical (unpaired) electrons. The normalized spacial score (nSPS) is 12.1. The van der Waals surface area contributed by atoms with Gasteiger partial charge in [0, 0.05) is 26.7 Å². The number of sulfonamides is 1. The van der Waals surface area contributed by atoms with Crippen LogP contribution in [0.3, 0.4) is 0 Å². The lowest BCUT2D eigenvalue weighted by atomic mass is 10.3. The first kappa shape index (κ1) is 19.2. The van der Waals surface area contributed by atoms with Gasteiger partial charge in [-0.1, -0.05) is 0 Å². The van der Waals surface area contributed by atoms with Crippen LogP contribution in [0, 0.1) is 11.6 Å². The molecule has 0 atom stereocenters. The van der Waals surface area contributed by atoms with E-state index in [2.05, 4.69) is 4.98 Å². The molecular weight excluding hydrogens is 376 g/mol. The molecule has 0 saturated heterocycles. The van der Waals surface area contributed by atoms with Crippen molar-refractivity contribution < 1.29 is 21.9 Å². The molecule has 0 aliphatic rings. The van der Waals surface area contributed by atoms with E-state index >= 15 is 0 Å². The minimum Gasteiger partial charge on any atom is -0.483 e. The van der Waals surface area contributed by atoms with Crippen molar-refractivity contribution in [1.82, 2.24) is 13.9 Å². The van der Waals surface area contributed by atoms with Crippen LogP contribution in [0.25, 0.3) is 11.0 Å². The topological polar surface area (TPSA) is 64.4 Å². The van der Waals surface area contributed by atoms with E-state index in [0.717, 1.165) is 22.0 Å². The fourth-order valence-electron chi connectivity index (χ4n) is 2.73. The number of aromatic nitrogens is 2. The van der Waals surface area contributed by atoms with Crippen molar-refractivity contribution in [3.05, 3.63) is 53.9 Å². The average Bonchev–Trinajstić information content (AvgIpc) is 2.97. The Morgan fingerprint density at radius 2 is 1.89 bits per heavy atom. The summed E-state index contributed by atoms with van der Waals surface area (Å²) in [5, 5.41) is 0. The molecule has 0 N–H and O–H groups in total. The number of imidazole rings is 1. The van der Waals surface area contributed by atoms with E-state index in [1.54, 1.807) is 6.07 Å². The standard InChI is InChI=1S/C18H19F2N3O3S/c1-4-23-16-7-6-13(27(24,25)22(2)3)10-15(16)21-18(23)11-26-17-8-5-12(19)9-14(17)20/h5-10H,4,11H2,1-3H3. The number of hydrogen-bond donors (Lipinski definition) is 0. The van der Waals surface area contributed by atoms with Gasteiger partial charge in [-0.25, -0.2) is 26.5 Å². The van der Waals surface area contributed by atoms with Crippen molar-refractivity contribution in [1.29, 1.82) is 0 Å². The Kier molecular flexibility index (Phi) is 5.16. The highest BCUT2D eigenvalue weighted by Gasteiger charge is 2.19. The molecule has 0 aliphatic carbocycles. The fraction of sp³-hybridized carbons (Fsp3) is 0.278. The maximum absolute atomic E-state index is 13.7. The third-order valence-corrected chi connectivity index (χ3v) is 5.96. The molecule has 6 nitrogen and oxygen atoms in total. The number of benzene rings is 2. The Balaban J connectivity index is 1.96. The smallest absolute Gasteiger partial charge is 0.242 e. The van der Waals surface area contributed by atoms with Crippen LogP contribution in [0.1, 0.15) is 12.7 Å². The molecule has 0 saturated carbocycles. The SMILES string of the molecule is CCn1c(COc2ccc(F)cc2F)nc2cc(S(=O)(=O)N(C)C)ccc21. The second-order valence-corrected chi connectivity index (χ2v) is 8.23. The summed E-state index contributed by atoms with van der Waals surface area (Å²) in [4.78, 5) is 4.57. The van der Waals surface area contributed by atoms with E-state index in [9.17, 15) is 17.2 Å². The zero-order valence-electron chi connectivity index (χ0n) is 15.1. The molecule has 3 rings (SSSR count). The monoisotopic (exact) mass is 395 g/mol. The predicted octanol–water partition coefficient (Wildman–Crippen LogP) is 3.16. The molecule has 0 amide bonds. The van der Waals surface area contributed by atoms with Gasteiger partial charge in [-0.3, -0.25) is 0 Å². The van der Waals surface area contributed by atoms with Crippen molar-refractivity contribution in [3.63, 3.8) is 0 Å². The van der Waals surface area contributed by atoms with Crippen LogP contribution in [0.5, 0.6) is 5.75 Å². The fourth-order valence-corrected chi connectivity index (χ4v) is 3.65. The summed E-state index contributed by atoms with van der Waals surface area (Å²) in [6, 6.07) is 7.78. The van der Waals surface area contributed by atoms with Crippen molar-refractivity contribution in [2.75, 3.05) is 14.1 Å². The zero-order chi connectivity index (χ0) is 19.8. The van der Waals surface area contributed by atoms with Gasteiger partial charge >= 0.3 is 0 Å². The Bertz CT molecular complexity index is 1090. The van der Waals surface area contributed by atoms with Crippen molar-refractivity contribution in [2.24, 2.45) is 0 Å². The number of aryl methyl sites for hydroxylation is 1. The van der Waals surface area contributed by atoms with Crippen LogP contribution < -0.4 is 4.74 Å². The second kappa shape index (κ2) is 7.24. The van der Waals surface area contributed by atoms with E-state index in [4.69, 9.17) is 4.74 Å². The molecule has 1 heterocycles. The minimum absolute atomic E-state index is 0.0408. The van der Waals surface area contributed by atoms with E-state index in [1.807, 2.05) is 11.5 Å². The summed E-state index contributed by atoms with van der Waals surface area (Å²) in [7, 11) is -0.658. The van der Waals surface area contributed by atoms with E-state index in [0.29, 0.717) is 17.9 Å². The Hall–Kier alpha value is -2.52. The summed E-state index contributed by atoms with van der Waals surface area (Å²) >= 11 is 0. The van der Waals surface area contributed by atoms with E-state index in [1.165, 1.54) is 32.3 Å². The lowest BCUT2D eigenvalue weighted by Crippen LogP contribution is -2.22. The Morgan fingerprint density at radius 3 is 2.52 bits per heavy atom. The second-order valence-electron chi connectivity index (χ2n) is 6.07. The molecule has 0 bridgehead atoms. The Morgan fingerprint density at radius 1 is 1.15 bits per heavy atom. The molecule has 0 unspecified atom stereocenters. The average molecular weight is 395 g/mol. The van der Waals surface area contributed by atoms with Crippen LogP contribution >= 0.6 is 0 Å². The number of rotatable bonds is 6. The van der Waals surface area contributed by atoms with Gasteiger partial charge in [0.25, 0.3) is 0 Å². The van der Waals surface area contributed by atoms with Crippen molar-refractivity contribution in [3.8, 4) is 5.75 Å². The molecule has 27 heavy (non-hydrogen) atoms. The van der Waals surface area contributed by atoms with E-state index < -0.39 is 21.7 Å². The van der Waals surface area contributed by atoms with Crippen LogP contribution in [-0.2, 0) is 23.2 Å². The summed E-state index contributed by atoms with van der Waals surface area (Å²) in [6.07, 6.45) is 0. The number of nitrogens with zero attached hydrogens (tertiary/aromatic N) is 3. The molecule has 0 fully saturated rings. The van der Waals surface area contributed by atoms with Crippen LogP contribution in [-0.4, -0.2) is 36.4 Å². The summed E-state index contributed by atoms with van der Waals surface area (Å²) in [5.41, 5.74) is 1.24. The quantitative estimate of drug-likeness (QED) is 0.643. The molecule has 144 valence electrons. The molecule has 3 aromatic rings. The van der Waals surface area contributed by atoms with Gasteiger partial charge in [0.05, 0.1) is 15.9 Å². The number of halogens is 2. The third-order valence-electron chi connectivity index (χ3n) is 4.14. The summed E-state index contributed by atoms with van der Waals surface area (Å²) < 4.78 is 59.8. The van der Waals surface area contributed by atoms with Gasteiger partial charge in [-0.05, 0) is 37.3 Å².